The van der Waals surface area contributed by atoms with Crippen molar-refractivity contribution in [3.05, 3.63) is 12.2 Å². The third-order valence-corrected chi connectivity index (χ3v) is 1.75. The Kier molecular flexibility index (Phi) is 4.49. The molecule has 0 amide bonds. The molecule has 68 valence electrons. The molecule has 2 nitrogen and oxygen atoms in total. The van der Waals surface area contributed by atoms with Crippen LogP contribution in [0.4, 0.5) is 0 Å². The highest BCUT2D eigenvalue weighted by molar-refractivity contribution is 6.01. The second kappa shape index (κ2) is 4.86. The topological polar surface area (TPSA) is 24.7 Å². The van der Waals surface area contributed by atoms with Crippen molar-refractivity contribution < 1.29 is 0 Å². The van der Waals surface area contributed by atoms with Gasteiger partial charge >= 0.3 is 0 Å². The van der Waals surface area contributed by atoms with Crippen LogP contribution in [0.5, 0.6) is 0 Å². The van der Waals surface area contributed by atoms with Gasteiger partial charge in [-0.25, -0.2) is 0 Å². The summed E-state index contributed by atoms with van der Waals surface area (Å²) < 4.78 is 0. The molecule has 0 aliphatic carbocycles. The number of allylic oxidation sites excluding steroid dienone is 1. The summed E-state index contributed by atoms with van der Waals surface area (Å²) in [5.74, 6) is 0.790. The van der Waals surface area contributed by atoms with Gasteiger partial charge in [-0.2, -0.15) is 10.2 Å². The fourth-order valence-corrected chi connectivity index (χ4v) is 0.922. The van der Waals surface area contributed by atoms with E-state index in [1.54, 1.807) is 0 Å². The fourth-order valence-electron chi connectivity index (χ4n) is 0.922. The third kappa shape index (κ3) is 2.99. The van der Waals surface area contributed by atoms with E-state index in [1.807, 2.05) is 0 Å². The van der Waals surface area contributed by atoms with Crippen molar-refractivity contribution in [3.8, 4) is 0 Å². The number of hydrogen-bond donors (Lipinski definition) is 0. The lowest BCUT2D eigenvalue weighted by atomic mass is 9.93. The van der Waals surface area contributed by atoms with Gasteiger partial charge in [0.2, 0.25) is 0 Å². The van der Waals surface area contributed by atoms with Gasteiger partial charge in [0.05, 0.1) is 5.71 Å². The van der Waals surface area contributed by atoms with Crippen LogP contribution in [0.1, 0.15) is 27.7 Å². The standard InChI is InChI=1S/C10H18N2/c1-7(2)9(5)10(8(3)4)12-11-6/h7-8H,5-6H2,1-4H3/b12-10-. The van der Waals surface area contributed by atoms with Crippen molar-refractivity contribution in [3.63, 3.8) is 0 Å². The Balaban J connectivity index is 4.64. The predicted octanol–water partition coefficient (Wildman–Crippen LogP) is 2.91. The van der Waals surface area contributed by atoms with E-state index in [0.29, 0.717) is 11.8 Å². The van der Waals surface area contributed by atoms with E-state index in [-0.39, 0.29) is 0 Å². The van der Waals surface area contributed by atoms with Gasteiger partial charge in [-0.15, -0.1) is 0 Å². The number of hydrogen-bond acceptors (Lipinski definition) is 2. The van der Waals surface area contributed by atoms with Crippen LogP contribution < -0.4 is 0 Å². The zero-order valence-electron chi connectivity index (χ0n) is 8.46. The van der Waals surface area contributed by atoms with Gasteiger partial charge in [-0.05, 0) is 17.4 Å². The summed E-state index contributed by atoms with van der Waals surface area (Å²) in [4.78, 5) is 0. The summed E-state index contributed by atoms with van der Waals surface area (Å²) in [7, 11) is 0. The molecule has 0 aliphatic heterocycles. The van der Waals surface area contributed by atoms with Crippen LogP contribution in [0.2, 0.25) is 0 Å². The Morgan fingerprint density at radius 1 is 1.08 bits per heavy atom. The summed E-state index contributed by atoms with van der Waals surface area (Å²) >= 11 is 0. The molecule has 0 atom stereocenters. The van der Waals surface area contributed by atoms with Gasteiger partial charge in [-0.3, -0.25) is 0 Å². The van der Waals surface area contributed by atoms with Gasteiger partial charge in [-0.1, -0.05) is 34.3 Å². The van der Waals surface area contributed by atoms with Crippen molar-refractivity contribution in [2.75, 3.05) is 0 Å². The van der Waals surface area contributed by atoms with Crippen LogP contribution in [0.15, 0.2) is 22.4 Å². The van der Waals surface area contributed by atoms with Gasteiger partial charge in [0.15, 0.2) is 0 Å². The van der Waals surface area contributed by atoms with Crippen molar-refractivity contribution in [2.24, 2.45) is 22.0 Å². The normalized spacial score (nSPS) is 12.3. The largest absolute Gasteiger partial charge is 0.167 e. The summed E-state index contributed by atoms with van der Waals surface area (Å²) in [6.45, 7) is 15.7. The highest BCUT2D eigenvalue weighted by atomic mass is 15.2. The summed E-state index contributed by atoms with van der Waals surface area (Å²) in [5.41, 5.74) is 2.01. The zero-order chi connectivity index (χ0) is 9.72. The van der Waals surface area contributed by atoms with E-state index in [4.69, 9.17) is 0 Å². The highest BCUT2D eigenvalue weighted by Crippen LogP contribution is 2.14. The van der Waals surface area contributed by atoms with Gasteiger partial charge in [0.1, 0.15) is 0 Å². The smallest absolute Gasteiger partial charge is 0.0684 e. The molecule has 0 N–H and O–H groups in total. The lowest BCUT2D eigenvalue weighted by Gasteiger charge is -2.14. The average Bonchev–Trinajstić information content (AvgIpc) is 1.98. The van der Waals surface area contributed by atoms with Gasteiger partial charge in [0, 0.05) is 6.72 Å². The van der Waals surface area contributed by atoms with E-state index in [0.717, 1.165) is 11.3 Å². The summed E-state index contributed by atoms with van der Waals surface area (Å²) in [6.07, 6.45) is 0. The molecule has 0 aromatic rings. The van der Waals surface area contributed by atoms with Crippen molar-refractivity contribution >= 4 is 12.4 Å². The van der Waals surface area contributed by atoms with Crippen molar-refractivity contribution in [1.82, 2.24) is 0 Å². The molecular weight excluding hydrogens is 148 g/mol. The first kappa shape index (κ1) is 11.1. The van der Waals surface area contributed by atoms with Crippen molar-refractivity contribution in [2.45, 2.75) is 27.7 Å². The van der Waals surface area contributed by atoms with Crippen LogP contribution >= 0.6 is 0 Å². The van der Waals surface area contributed by atoms with E-state index in [1.165, 1.54) is 0 Å². The summed E-state index contributed by atoms with van der Waals surface area (Å²) in [6, 6.07) is 0. The van der Waals surface area contributed by atoms with Crippen LogP contribution in [-0.4, -0.2) is 12.4 Å². The molecule has 12 heavy (non-hydrogen) atoms. The number of rotatable bonds is 4. The first-order valence-electron chi connectivity index (χ1n) is 4.23. The van der Waals surface area contributed by atoms with E-state index in [2.05, 4.69) is 51.2 Å². The maximum atomic E-state index is 3.98. The molecule has 0 fully saturated rings. The molecule has 0 spiro atoms. The zero-order valence-corrected chi connectivity index (χ0v) is 8.46. The van der Waals surface area contributed by atoms with Crippen LogP contribution in [-0.2, 0) is 0 Å². The SMILES string of the molecule is C=N/N=C(\C(=C)C(C)C)C(C)C. The first-order valence-corrected chi connectivity index (χ1v) is 4.23. The Hall–Kier alpha value is -0.920. The van der Waals surface area contributed by atoms with E-state index in [9.17, 15) is 0 Å². The first-order chi connectivity index (χ1) is 5.50. The Bertz CT molecular complexity index is 200. The predicted molar refractivity (Wildman–Crippen MR) is 55.8 cm³/mol. The molecule has 0 rings (SSSR count). The van der Waals surface area contributed by atoms with Crippen LogP contribution in [0, 0.1) is 11.8 Å². The van der Waals surface area contributed by atoms with Gasteiger partial charge < -0.3 is 0 Å². The fraction of sp³-hybridized carbons (Fsp3) is 0.600. The van der Waals surface area contributed by atoms with Crippen molar-refractivity contribution in [1.29, 1.82) is 0 Å². The Labute approximate surface area is 75.1 Å². The molecule has 0 saturated carbocycles. The second-order valence-electron chi connectivity index (χ2n) is 3.46. The average molecular weight is 166 g/mol. The third-order valence-electron chi connectivity index (χ3n) is 1.75. The molecule has 2 heteroatoms. The van der Waals surface area contributed by atoms with Crippen LogP contribution in [0.25, 0.3) is 0 Å². The minimum absolute atomic E-state index is 0.366. The quantitative estimate of drug-likeness (QED) is 0.453. The Morgan fingerprint density at radius 2 is 1.58 bits per heavy atom. The molecule has 0 aromatic heterocycles. The maximum absolute atomic E-state index is 3.98. The molecule has 0 aromatic carbocycles. The van der Waals surface area contributed by atoms with Crippen LogP contribution in [0.3, 0.4) is 0 Å². The minimum Gasteiger partial charge on any atom is -0.167 e. The highest BCUT2D eigenvalue weighted by Gasteiger charge is 2.12. The molecule has 0 unspecified atom stereocenters. The summed E-state index contributed by atoms with van der Waals surface area (Å²) in [5, 5.41) is 7.51. The lowest BCUT2D eigenvalue weighted by Crippen LogP contribution is -2.13. The molecule has 0 radical (unpaired) electrons. The van der Waals surface area contributed by atoms with Gasteiger partial charge in [0.25, 0.3) is 0 Å². The van der Waals surface area contributed by atoms with E-state index >= 15 is 0 Å². The monoisotopic (exact) mass is 166 g/mol. The maximum Gasteiger partial charge on any atom is 0.0684 e. The molecule has 0 bridgehead atoms. The lowest BCUT2D eigenvalue weighted by molar-refractivity contribution is 0.774. The molecule has 0 aliphatic rings. The minimum atomic E-state index is 0.366. The molecule has 0 saturated heterocycles. The van der Waals surface area contributed by atoms with E-state index < -0.39 is 0 Å². The second-order valence-corrected chi connectivity index (χ2v) is 3.46. The number of nitrogens with zero attached hydrogens (tertiary/aromatic N) is 2. The molecule has 0 heterocycles. The Morgan fingerprint density at radius 3 is 1.83 bits per heavy atom. The molecular formula is C10H18N2.